The number of aromatic nitrogens is 5. The molecule has 0 aliphatic heterocycles. The molecule has 20 heavy (non-hydrogen) atoms. The van der Waals surface area contributed by atoms with Crippen LogP contribution in [0, 0.1) is 0 Å². The van der Waals surface area contributed by atoms with Crippen LogP contribution in [0.4, 0.5) is 11.6 Å². The van der Waals surface area contributed by atoms with Crippen LogP contribution in [0.3, 0.4) is 0 Å². The SMILES string of the molecule is CC(c1nncn1C)n1ccnc1Nc1ccccc1. The summed E-state index contributed by atoms with van der Waals surface area (Å²) in [5.41, 5.74) is 1.00. The van der Waals surface area contributed by atoms with Crippen LogP contribution in [0.15, 0.2) is 49.1 Å². The monoisotopic (exact) mass is 268 g/mol. The number of nitrogens with zero attached hydrogens (tertiary/aromatic N) is 5. The highest BCUT2D eigenvalue weighted by atomic mass is 15.3. The van der Waals surface area contributed by atoms with Crippen LogP contribution in [-0.4, -0.2) is 24.3 Å². The zero-order chi connectivity index (χ0) is 13.9. The van der Waals surface area contributed by atoms with Crippen molar-refractivity contribution in [3.8, 4) is 0 Å². The summed E-state index contributed by atoms with van der Waals surface area (Å²) in [5, 5.41) is 11.4. The molecule has 102 valence electrons. The third-order valence-corrected chi connectivity index (χ3v) is 3.24. The number of benzene rings is 1. The molecule has 0 aliphatic rings. The Hall–Kier alpha value is -2.63. The molecule has 0 radical (unpaired) electrons. The highest BCUT2D eigenvalue weighted by Crippen LogP contribution is 2.22. The largest absolute Gasteiger partial charge is 0.326 e. The normalized spacial score (nSPS) is 12.3. The summed E-state index contributed by atoms with van der Waals surface area (Å²) in [5.74, 6) is 1.67. The molecule has 0 spiro atoms. The second-order valence-electron chi connectivity index (χ2n) is 4.63. The van der Waals surface area contributed by atoms with Crippen LogP contribution >= 0.6 is 0 Å². The number of imidazole rings is 1. The van der Waals surface area contributed by atoms with Crippen LogP contribution < -0.4 is 5.32 Å². The van der Waals surface area contributed by atoms with E-state index >= 15 is 0 Å². The number of hydrogen-bond donors (Lipinski definition) is 1. The molecule has 1 unspecified atom stereocenters. The molecule has 3 aromatic rings. The molecule has 0 saturated heterocycles. The molecule has 6 nitrogen and oxygen atoms in total. The lowest BCUT2D eigenvalue weighted by molar-refractivity contribution is 0.579. The van der Waals surface area contributed by atoms with E-state index in [0.717, 1.165) is 17.5 Å². The van der Waals surface area contributed by atoms with Gasteiger partial charge in [0.15, 0.2) is 5.82 Å². The van der Waals surface area contributed by atoms with Crippen LogP contribution in [0.25, 0.3) is 0 Å². The Kier molecular flexibility index (Phi) is 3.20. The lowest BCUT2D eigenvalue weighted by Gasteiger charge is -2.16. The fraction of sp³-hybridized carbons (Fsp3) is 0.214. The number of nitrogens with one attached hydrogen (secondary N) is 1. The summed E-state index contributed by atoms with van der Waals surface area (Å²) in [6.07, 6.45) is 5.41. The van der Waals surface area contributed by atoms with E-state index in [4.69, 9.17) is 0 Å². The van der Waals surface area contributed by atoms with Gasteiger partial charge in [0, 0.05) is 25.1 Å². The molecule has 6 heteroatoms. The van der Waals surface area contributed by atoms with E-state index in [1.165, 1.54) is 0 Å². The van der Waals surface area contributed by atoms with Crippen LogP contribution in [0.2, 0.25) is 0 Å². The first-order valence-electron chi connectivity index (χ1n) is 6.44. The number of hydrogen-bond acceptors (Lipinski definition) is 4. The van der Waals surface area contributed by atoms with E-state index in [1.54, 1.807) is 12.5 Å². The smallest absolute Gasteiger partial charge is 0.207 e. The van der Waals surface area contributed by atoms with E-state index in [-0.39, 0.29) is 6.04 Å². The average molecular weight is 268 g/mol. The first kappa shape index (κ1) is 12.4. The van der Waals surface area contributed by atoms with E-state index in [0.29, 0.717) is 0 Å². The molecule has 1 N–H and O–H groups in total. The van der Waals surface area contributed by atoms with Gasteiger partial charge >= 0.3 is 0 Å². The van der Waals surface area contributed by atoms with Crippen LogP contribution in [-0.2, 0) is 7.05 Å². The number of aryl methyl sites for hydroxylation is 1. The van der Waals surface area contributed by atoms with Gasteiger partial charge in [0.05, 0.1) is 6.04 Å². The number of anilines is 2. The minimum absolute atomic E-state index is 0.0520. The van der Waals surface area contributed by atoms with Gasteiger partial charge in [-0.15, -0.1) is 10.2 Å². The quantitative estimate of drug-likeness (QED) is 0.789. The van der Waals surface area contributed by atoms with Crippen molar-refractivity contribution in [3.05, 3.63) is 54.9 Å². The van der Waals surface area contributed by atoms with E-state index in [2.05, 4.69) is 27.4 Å². The second kappa shape index (κ2) is 5.16. The fourth-order valence-electron chi connectivity index (χ4n) is 2.17. The minimum atomic E-state index is 0.0520. The molecule has 0 bridgehead atoms. The fourth-order valence-corrected chi connectivity index (χ4v) is 2.17. The maximum Gasteiger partial charge on any atom is 0.207 e. The van der Waals surface area contributed by atoms with Crippen molar-refractivity contribution in [3.63, 3.8) is 0 Å². The number of para-hydroxylation sites is 1. The van der Waals surface area contributed by atoms with Crippen molar-refractivity contribution in [1.82, 2.24) is 24.3 Å². The summed E-state index contributed by atoms with van der Waals surface area (Å²) in [6, 6.07) is 10.0. The zero-order valence-electron chi connectivity index (χ0n) is 11.4. The number of rotatable bonds is 4. The van der Waals surface area contributed by atoms with E-state index < -0.39 is 0 Å². The Labute approximate surface area is 117 Å². The van der Waals surface area contributed by atoms with Crippen molar-refractivity contribution in [2.24, 2.45) is 7.05 Å². The topological polar surface area (TPSA) is 60.6 Å². The first-order chi connectivity index (χ1) is 9.75. The second-order valence-corrected chi connectivity index (χ2v) is 4.63. The molecule has 2 heterocycles. The molecule has 0 aliphatic carbocycles. The van der Waals surface area contributed by atoms with Gasteiger partial charge in [0.1, 0.15) is 6.33 Å². The standard InChI is InChI=1S/C14H16N6/c1-11(13-18-16-10-19(13)2)20-9-8-15-14(20)17-12-6-4-3-5-7-12/h3-11H,1-2H3,(H,15,17). The van der Waals surface area contributed by atoms with Gasteiger partial charge in [0.25, 0.3) is 0 Å². The first-order valence-corrected chi connectivity index (χ1v) is 6.44. The van der Waals surface area contributed by atoms with Gasteiger partial charge in [-0.25, -0.2) is 4.98 Å². The Morgan fingerprint density at radius 3 is 2.70 bits per heavy atom. The van der Waals surface area contributed by atoms with Crippen molar-refractivity contribution < 1.29 is 0 Å². The van der Waals surface area contributed by atoms with E-state index in [9.17, 15) is 0 Å². The zero-order valence-corrected chi connectivity index (χ0v) is 11.4. The molecule has 3 rings (SSSR count). The third-order valence-electron chi connectivity index (χ3n) is 3.24. The van der Waals surface area contributed by atoms with E-state index in [1.807, 2.05) is 52.7 Å². The van der Waals surface area contributed by atoms with Crippen molar-refractivity contribution in [1.29, 1.82) is 0 Å². The lowest BCUT2D eigenvalue weighted by atomic mass is 10.3. The predicted molar refractivity (Wildman–Crippen MR) is 76.8 cm³/mol. The molecule has 2 aromatic heterocycles. The van der Waals surface area contributed by atoms with Crippen LogP contribution in [0.5, 0.6) is 0 Å². The molecule has 0 fully saturated rings. The third kappa shape index (κ3) is 2.27. The Bertz CT molecular complexity index is 685. The van der Waals surface area contributed by atoms with Gasteiger partial charge in [0.2, 0.25) is 5.95 Å². The molecular weight excluding hydrogens is 252 g/mol. The summed E-state index contributed by atoms with van der Waals surface area (Å²) in [4.78, 5) is 4.37. The van der Waals surface area contributed by atoms with Gasteiger partial charge in [-0.05, 0) is 19.1 Å². The minimum Gasteiger partial charge on any atom is -0.326 e. The lowest BCUT2D eigenvalue weighted by Crippen LogP contribution is -2.13. The molecule has 1 aromatic carbocycles. The van der Waals surface area contributed by atoms with Crippen LogP contribution in [0.1, 0.15) is 18.8 Å². The average Bonchev–Trinajstić information content (AvgIpc) is 3.08. The maximum atomic E-state index is 4.37. The van der Waals surface area contributed by atoms with Gasteiger partial charge in [-0.3, -0.25) is 0 Å². The molecular formula is C14H16N6. The predicted octanol–water partition coefficient (Wildman–Crippen LogP) is 2.36. The molecule has 0 amide bonds. The maximum absolute atomic E-state index is 4.37. The van der Waals surface area contributed by atoms with Crippen molar-refractivity contribution >= 4 is 11.6 Å². The van der Waals surface area contributed by atoms with Gasteiger partial charge in [-0.1, -0.05) is 18.2 Å². The highest BCUT2D eigenvalue weighted by molar-refractivity contribution is 5.53. The Morgan fingerprint density at radius 1 is 1.20 bits per heavy atom. The van der Waals surface area contributed by atoms with Crippen molar-refractivity contribution in [2.75, 3.05) is 5.32 Å². The summed E-state index contributed by atoms with van der Waals surface area (Å²) in [7, 11) is 1.94. The highest BCUT2D eigenvalue weighted by Gasteiger charge is 2.16. The Morgan fingerprint density at radius 2 is 2.00 bits per heavy atom. The summed E-state index contributed by atoms with van der Waals surface area (Å²) < 4.78 is 3.95. The van der Waals surface area contributed by atoms with Gasteiger partial charge < -0.3 is 14.5 Å². The van der Waals surface area contributed by atoms with Crippen molar-refractivity contribution in [2.45, 2.75) is 13.0 Å². The Balaban J connectivity index is 1.89. The molecule has 1 atom stereocenters. The van der Waals surface area contributed by atoms with Gasteiger partial charge in [-0.2, -0.15) is 0 Å². The summed E-state index contributed by atoms with van der Waals surface area (Å²) in [6.45, 7) is 2.07. The molecule has 0 saturated carbocycles. The summed E-state index contributed by atoms with van der Waals surface area (Å²) >= 11 is 0.